The number of amides is 1. The molecule has 5 aromatic rings. The molecule has 0 aliphatic rings. The Labute approximate surface area is 313 Å². The van der Waals surface area contributed by atoms with Gasteiger partial charge in [-0.2, -0.15) is 5.26 Å². The monoisotopic (exact) mass is 759 g/mol. The summed E-state index contributed by atoms with van der Waals surface area (Å²) in [5.74, 6) is -0.462. The lowest BCUT2D eigenvalue weighted by Crippen LogP contribution is -2.33. The number of esters is 1. The smallest absolute Gasteiger partial charge is 0.342 e. The summed E-state index contributed by atoms with van der Waals surface area (Å²) in [6.07, 6.45) is 8.28. The van der Waals surface area contributed by atoms with Gasteiger partial charge in [-0.25, -0.2) is 22.7 Å². The minimum absolute atomic E-state index is 0.0210. The Kier molecular flexibility index (Phi) is 13.2. The maximum absolute atomic E-state index is 13.7. The van der Waals surface area contributed by atoms with Crippen LogP contribution in [0.3, 0.4) is 0 Å². The van der Waals surface area contributed by atoms with Gasteiger partial charge in [0, 0.05) is 11.3 Å². The molecule has 0 aliphatic carbocycles. The van der Waals surface area contributed by atoms with E-state index in [-0.39, 0.29) is 50.0 Å². The van der Waals surface area contributed by atoms with Gasteiger partial charge in [0.25, 0.3) is 5.91 Å². The maximum Gasteiger partial charge on any atom is 0.342 e. The molecule has 0 aliphatic heterocycles. The van der Waals surface area contributed by atoms with Crippen LogP contribution in [0.25, 0.3) is 17.0 Å². The molecule has 0 fully saturated rings. The molecule has 2 aromatic heterocycles. The van der Waals surface area contributed by atoms with Gasteiger partial charge in [-0.05, 0) is 80.4 Å². The van der Waals surface area contributed by atoms with Gasteiger partial charge in [-0.3, -0.25) is 9.89 Å². The summed E-state index contributed by atoms with van der Waals surface area (Å²) >= 11 is 6.46. The number of halogens is 1. The van der Waals surface area contributed by atoms with Crippen molar-refractivity contribution in [2.75, 3.05) is 11.9 Å². The zero-order valence-electron chi connectivity index (χ0n) is 29.6. The zero-order valence-corrected chi connectivity index (χ0v) is 31.2. The standard InChI is InChI=1S/C39H42ClN5O7S/c1-3-5-6-7-8-9-10-11-15-33(52-29-18-22-31(23-19-29)53(49,50)30-20-16-28(46)17-21-30)38(47)42-27-14-12-13-26(24-27)36-43-37-32(25-41)34(39(48)51-4-2)35(40)45(37)44-36/h12-14,16-24,33,46H,3-11,15H2,1-2H3,(H,42,47)(H,43,44). The summed E-state index contributed by atoms with van der Waals surface area (Å²) in [4.78, 5) is 30.8. The number of anilines is 1. The molecule has 0 radical (unpaired) electrons. The molecule has 3 N–H and O–H groups in total. The van der Waals surface area contributed by atoms with E-state index in [1.54, 1.807) is 31.2 Å². The summed E-state index contributed by atoms with van der Waals surface area (Å²) in [5.41, 5.74) is 1.11. The molecule has 5 rings (SSSR count). The van der Waals surface area contributed by atoms with Crippen molar-refractivity contribution in [3.05, 3.63) is 89.1 Å². The molecule has 1 unspecified atom stereocenters. The molecule has 53 heavy (non-hydrogen) atoms. The number of nitrogens with zero attached hydrogens (tertiary/aromatic N) is 3. The first-order valence-electron chi connectivity index (χ1n) is 17.7. The summed E-state index contributed by atoms with van der Waals surface area (Å²) in [5, 5.41) is 25.3. The van der Waals surface area contributed by atoms with Gasteiger partial charge >= 0.3 is 5.97 Å². The Balaban J connectivity index is 1.32. The van der Waals surface area contributed by atoms with E-state index >= 15 is 0 Å². The number of phenols is 1. The summed E-state index contributed by atoms with van der Waals surface area (Å²) < 4.78 is 38.8. The Hall–Kier alpha value is -5.32. The summed E-state index contributed by atoms with van der Waals surface area (Å²) in [6, 6.07) is 20.1. The Bertz CT molecular complexity index is 2190. The molecule has 12 nitrogen and oxygen atoms in total. The normalized spacial score (nSPS) is 12.0. The van der Waals surface area contributed by atoms with E-state index < -0.39 is 21.9 Å². The second kappa shape index (κ2) is 17.9. The number of aromatic hydroxyl groups is 1. The molecule has 0 saturated carbocycles. The number of aromatic nitrogens is 3. The highest BCUT2D eigenvalue weighted by Gasteiger charge is 2.27. The number of fused-ring (bicyclic) bond motifs is 1. The molecular weight excluding hydrogens is 718 g/mol. The van der Waals surface area contributed by atoms with Crippen molar-refractivity contribution in [2.45, 2.75) is 87.5 Å². The molecule has 14 heteroatoms. The summed E-state index contributed by atoms with van der Waals surface area (Å²) in [6.45, 7) is 3.96. The van der Waals surface area contributed by atoms with Crippen LogP contribution < -0.4 is 10.1 Å². The average molecular weight is 760 g/mol. The van der Waals surface area contributed by atoms with Crippen LogP contribution in [0.4, 0.5) is 5.69 Å². The van der Waals surface area contributed by atoms with Gasteiger partial charge in [0.1, 0.15) is 33.8 Å². The molecule has 3 aromatic carbocycles. The fourth-order valence-corrected chi connectivity index (χ4v) is 7.45. The van der Waals surface area contributed by atoms with Crippen LogP contribution in [-0.2, 0) is 19.4 Å². The number of nitrogens with one attached hydrogen (secondary N) is 2. The first kappa shape index (κ1) is 38.9. The number of carbonyl (C=O) groups excluding carboxylic acids is 2. The molecule has 1 amide bonds. The second-order valence-corrected chi connectivity index (χ2v) is 14.8. The summed E-state index contributed by atoms with van der Waals surface area (Å²) in [7, 11) is -3.83. The molecular formula is C39H42ClN5O7S. The minimum atomic E-state index is -3.83. The van der Waals surface area contributed by atoms with Crippen molar-refractivity contribution in [1.82, 2.24) is 14.6 Å². The third kappa shape index (κ3) is 9.38. The van der Waals surface area contributed by atoms with E-state index in [4.69, 9.17) is 21.1 Å². The number of nitriles is 1. The number of unbranched alkanes of at least 4 members (excludes halogenated alkanes) is 7. The number of rotatable bonds is 18. The van der Waals surface area contributed by atoms with Crippen LogP contribution >= 0.6 is 11.6 Å². The molecule has 1 atom stereocenters. The van der Waals surface area contributed by atoms with Crippen molar-refractivity contribution in [3.8, 4) is 29.0 Å². The molecule has 0 saturated heterocycles. The van der Waals surface area contributed by atoms with E-state index in [0.717, 1.165) is 25.7 Å². The second-order valence-electron chi connectivity index (χ2n) is 12.5. The van der Waals surface area contributed by atoms with Crippen molar-refractivity contribution in [1.29, 1.82) is 5.26 Å². The lowest BCUT2D eigenvalue weighted by molar-refractivity contribution is -0.123. The van der Waals surface area contributed by atoms with Crippen LogP contribution in [0, 0.1) is 11.3 Å². The first-order valence-corrected chi connectivity index (χ1v) is 19.5. The van der Waals surface area contributed by atoms with Gasteiger partial charge in [0.2, 0.25) is 9.84 Å². The Morgan fingerprint density at radius 3 is 2.25 bits per heavy atom. The highest BCUT2D eigenvalue weighted by Crippen LogP contribution is 2.30. The van der Waals surface area contributed by atoms with E-state index in [0.29, 0.717) is 29.2 Å². The van der Waals surface area contributed by atoms with Gasteiger partial charge in [-0.1, -0.05) is 75.6 Å². The average Bonchev–Trinajstić information content (AvgIpc) is 3.70. The van der Waals surface area contributed by atoms with E-state index in [1.807, 2.05) is 6.07 Å². The molecule has 2 heterocycles. The quantitative estimate of drug-likeness (QED) is 0.0584. The Morgan fingerprint density at radius 1 is 0.962 bits per heavy atom. The molecule has 0 spiro atoms. The molecule has 0 bridgehead atoms. The number of ether oxygens (including phenoxy) is 2. The van der Waals surface area contributed by atoms with Crippen LogP contribution in [0.2, 0.25) is 5.15 Å². The lowest BCUT2D eigenvalue weighted by Gasteiger charge is -2.19. The van der Waals surface area contributed by atoms with Crippen LogP contribution in [0.5, 0.6) is 11.5 Å². The number of benzene rings is 3. The maximum atomic E-state index is 13.7. The third-order valence-electron chi connectivity index (χ3n) is 8.69. The predicted octanol–water partition coefficient (Wildman–Crippen LogP) is 8.49. The highest BCUT2D eigenvalue weighted by atomic mass is 35.5. The number of sulfone groups is 1. The van der Waals surface area contributed by atoms with E-state index in [2.05, 4.69) is 22.3 Å². The first-order chi connectivity index (χ1) is 25.6. The number of aromatic amines is 1. The number of phenolic OH excluding ortho intramolecular Hbond substituents is 1. The SMILES string of the molecule is CCCCCCCCCCC(Oc1ccc(S(=O)(=O)c2ccc(O)cc2)cc1)C(=O)Nc1cccc(-c2nc3c(C#N)c(C(=O)OCC)c(Cl)n3[nH]2)c1. The lowest BCUT2D eigenvalue weighted by atomic mass is 10.0. The number of H-pyrrole nitrogens is 1. The van der Waals surface area contributed by atoms with Crippen LogP contribution in [0.15, 0.2) is 82.6 Å². The van der Waals surface area contributed by atoms with Gasteiger partial charge in [-0.15, -0.1) is 0 Å². The van der Waals surface area contributed by atoms with Crippen LogP contribution in [-0.4, -0.2) is 52.7 Å². The zero-order chi connectivity index (χ0) is 38.0. The largest absolute Gasteiger partial charge is 0.508 e. The van der Waals surface area contributed by atoms with Crippen LogP contribution in [0.1, 0.15) is 87.6 Å². The number of hydrogen-bond acceptors (Lipinski definition) is 9. The van der Waals surface area contributed by atoms with Crippen molar-refractivity contribution in [2.24, 2.45) is 0 Å². The Morgan fingerprint density at radius 2 is 1.60 bits per heavy atom. The van der Waals surface area contributed by atoms with Gasteiger partial charge < -0.3 is 19.9 Å². The van der Waals surface area contributed by atoms with Crippen molar-refractivity contribution < 1.29 is 32.6 Å². The topological polar surface area (TPSA) is 176 Å². The van der Waals surface area contributed by atoms with Gasteiger partial charge in [0.05, 0.1) is 16.4 Å². The minimum Gasteiger partial charge on any atom is -0.508 e. The fourth-order valence-electron chi connectivity index (χ4n) is 5.90. The third-order valence-corrected chi connectivity index (χ3v) is 10.8. The predicted molar refractivity (Wildman–Crippen MR) is 201 cm³/mol. The fraction of sp³-hybridized carbons (Fsp3) is 0.333. The highest BCUT2D eigenvalue weighted by molar-refractivity contribution is 7.91. The van der Waals surface area contributed by atoms with E-state index in [9.17, 15) is 28.4 Å². The van der Waals surface area contributed by atoms with Crippen molar-refractivity contribution in [3.63, 3.8) is 0 Å². The number of carbonyl (C=O) groups is 2. The number of hydrogen-bond donors (Lipinski definition) is 3. The van der Waals surface area contributed by atoms with E-state index in [1.165, 1.54) is 78.7 Å². The van der Waals surface area contributed by atoms with Gasteiger partial charge in [0.15, 0.2) is 17.6 Å². The molecule has 278 valence electrons. The van der Waals surface area contributed by atoms with Crippen molar-refractivity contribution >= 4 is 44.6 Å².